The Hall–Kier alpha value is -3.54. The highest BCUT2D eigenvalue weighted by molar-refractivity contribution is 5.75. The summed E-state index contributed by atoms with van der Waals surface area (Å²) >= 11 is 0. The van der Waals surface area contributed by atoms with Crippen LogP contribution in [-0.4, -0.2) is 61.5 Å². The number of hydrogen-bond acceptors (Lipinski definition) is 11. The van der Waals surface area contributed by atoms with Gasteiger partial charge in [0.2, 0.25) is 0 Å². The number of ether oxygens (including phenoxy) is 6. The van der Waals surface area contributed by atoms with Crippen LogP contribution >= 0.6 is 0 Å². The van der Waals surface area contributed by atoms with Crippen LogP contribution in [-0.2, 0) is 23.7 Å². The van der Waals surface area contributed by atoms with Crippen molar-refractivity contribution in [3.05, 3.63) is 23.8 Å². The number of benzene rings is 1. The van der Waals surface area contributed by atoms with Crippen LogP contribution < -0.4 is 15.2 Å². The zero-order valence-electron chi connectivity index (χ0n) is 25.8. The highest BCUT2D eigenvalue weighted by Gasteiger charge is 2.36. The second kappa shape index (κ2) is 18.8. The summed E-state index contributed by atoms with van der Waals surface area (Å²) in [6.45, 7) is 13.6. The molecule has 0 saturated heterocycles. The molecular weight excluding hydrogens is 550 g/mol. The molecule has 0 fully saturated rings. The third-order valence-corrected chi connectivity index (χ3v) is 6.55. The summed E-state index contributed by atoms with van der Waals surface area (Å²) in [6, 6.07) is 2.75. The van der Waals surface area contributed by atoms with Crippen molar-refractivity contribution >= 4 is 24.4 Å². The third kappa shape index (κ3) is 13.4. The molecule has 0 aliphatic rings. The second-order valence-electron chi connectivity index (χ2n) is 11.0. The molecule has 0 heterocycles. The standard InChI is InChI=1S/C30H47NO11/c1-8-9-14-37-28(34)40-21(7)20(6)25(26(31)27(32)33)22-10-11-23(41-29(35)38-15-12-18(2)3)24(17-22)42-30(36)39-16-13-19(4)5/h10-11,17-21,25-26H,8-9,12-16,31H2,1-7H3,(H,32,33)/t20?,21?,25?,26-/m0/s1. The molecular formula is C30H47NO11. The summed E-state index contributed by atoms with van der Waals surface area (Å²) in [7, 11) is 0. The molecule has 238 valence electrons. The average molecular weight is 598 g/mol. The minimum atomic E-state index is -1.43. The molecule has 0 saturated carbocycles. The summed E-state index contributed by atoms with van der Waals surface area (Å²) in [5, 5.41) is 9.77. The number of carbonyl (C=O) groups is 4. The van der Waals surface area contributed by atoms with Gasteiger partial charge in [0.25, 0.3) is 0 Å². The van der Waals surface area contributed by atoms with Crippen molar-refractivity contribution < 1.29 is 52.7 Å². The van der Waals surface area contributed by atoms with Crippen LogP contribution in [0, 0.1) is 17.8 Å². The summed E-state index contributed by atoms with van der Waals surface area (Å²) < 4.78 is 31.4. The third-order valence-electron chi connectivity index (χ3n) is 6.55. The fraction of sp³-hybridized carbons (Fsp3) is 0.667. The average Bonchev–Trinajstić information content (AvgIpc) is 2.89. The van der Waals surface area contributed by atoms with E-state index in [1.54, 1.807) is 13.8 Å². The lowest BCUT2D eigenvalue weighted by molar-refractivity contribution is -0.139. The molecule has 12 nitrogen and oxygen atoms in total. The SMILES string of the molecule is CCCCOC(=O)OC(C)C(C)C(c1ccc(OC(=O)OCCC(C)C)c(OC(=O)OCCC(C)C)c1)[C@H](N)C(=O)O. The molecule has 1 aromatic carbocycles. The molecule has 1 rings (SSSR count). The Kier molecular flexibility index (Phi) is 16.3. The lowest BCUT2D eigenvalue weighted by Crippen LogP contribution is -2.42. The van der Waals surface area contributed by atoms with E-state index < -0.39 is 48.4 Å². The Balaban J connectivity index is 3.31. The van der Waals surface area contributed by atoms with Gasteiger partial charge in [0, 0.05) is 11.8 Å². The van der Waals surface area contributed by atoms with E-state index in [9.17, 15) is 24.3 Å². The Morgan fingerprint density at radius 2 is 1.31 bits per heavy atom. The summed E-state index contributed by atoms with van der Waals surface area (Å²) in [5.41, 5.74) is 6.43. The van der Waals surface area contributed by atoms with Gasteiger partial charge < -0.3 is 39.3 Å². The number of nitrogens with two attached hydrogens (primary N) is 1. The van der Waals surface area contributed by atoms with Crippen LogP contribution in [0.3, 0.4) is 0 Å². The minimum absolute atomic E-state index is 0.108. The lowest BCUT2D eigenvalue weighted by atomic mass is 9.79. The predicted molar refractivity (Wildman–Crippen MR) is 154 cm³/mol. The number of unbranched alkanes of at least 4 members (excludes halogenated alkanes) is 1. The highest BCUT2D eigenvalue weighted by atomic mass is 16.7. The molecule has 3 N–H and O–H groups in total. The van der Waals surface area contributed by atoms with E-state index in [2.05, 4.69) is 0 Å². The van der Waals surface area contributed by atoms with Crippen LogP contribution in [0.2, 0.25) is 0 Å². The molecule has 12 heteroatoms. The zero-order chi connectivity index (χ0) is 31.8. The van der Waals surface area contributed by atoms with Gasteiger partial charge in [0.15, 0.2) is 11.5 Å². The molecule has 0 aliphatic carbocycles. The first-order valence-corrected chi connectivity index (χ1v) is 14.4. The first-order chi connectivity index (χ1) is 19.8. The molecule has 0 amide bonds. The molecule has 4 atom stereocenters. The maximum atomic E-state index is 12.5. The van der Waals surface area contributed by atoms with Gasteiger partial charge in [-0.2, -0.15) is 0 Å². The quantitative estimate of drug-likeness (QED) is 0.0892. The molecule has 0 spiro atoms. The van der Waals surface area contributed by atoms with Crippen molar-refractivity contribution in [1.82, 2.24) is 0 Å². The monoisotopic (exact) mass is 597 g/mol. The molecule has 3 unspecified atom stereocenters. The number of carboxylic acid groups (broad SMARTS) is 1. The lowest BCUT2D eigenvalue weighted by Gasteiger charge is -2.31. The van der Waals surface area contributed by atoms with Gasteiger partial charge in [-0.15, -0.1) is 0 Å². The maximum absolute atomic E-state index is 12.5. The predicted octanol–water partition coefficient (Wildman–Crippen LogP) is 6.28. The zero-order valence-corrected chi connectivity index (χ0v) is 25.8. The van der Waals surface area contributed by atoms with Crippen LogP contribution in [0.5, 0.6) is 11.5 Å². The van der Waals surface area contributed by atoms with Gasteiger partial charge >= 0.3 is 24.4 Å². The van der Waals surface area contributed by atoms with Gasteiger partial charge in [-0.1, -0.05) is 54.0 Å². The van der Waals surface area contributed by atoms with E-state index in [4.69, 9.17) is 34.2 Å². The van der Waals surface area contributed by atoms with Gasteiger partial charge in [-0.3, -0.25) is 4.79 Å². The van der Waals surface area contributed by atoms with Crippen molar-refractivity contribution in [3.63, 3.8) is 0 Å². The van der Waals surface area contributed by atoms with E-state index in [1.165, 1.54) is 18.2 Å². The second-order valence-corrected chi connectivity index (χ2v) is 11.0. The Labute approximate surface area is 248 Å². The first-order valence-electron chi connectivity index (χ1n) is 14.4. The summed E-state index contributed by atoms with van der Waals surface area (Å²) in [6.07, 6.45) is -0.981. The Morgan fingerprint density at radius 3 is 1.81 bits per heavy atom. The number of hydrogen-bond donors (Lipinski definition) is 2. The van der Waals surface area contributed by atoms with Crippen LogP contribution in [0.25, 0.3) is 0 Å². The summed E-state index contributed by atoms with van der Waals surface area (Å²) in [4.78, 5) is 48.9. The van der Waals surface area contributed by atoms with E-state index in [0.29, 0.717) is 30.7 Å². The van der Waals surface area contributed by atoms with Gasteiger partial charge in [0.05, 0.1) is 19.8 Å². The van der Waals surface area contributed by atoms with Crippen molar-refractivity contribution in [2.75, 3.05) is 19.8 Å². The van der Waals surface area contributed by atoms with E-state index in [0.717, 1.165) is 6.42 Å². The maximum Gasteiger partial charge on any atom is 0.513 e. The first kappa shape index (κ1) is 36.5. The fourth-order valence-electron chi connectivity index (χ4n) is 3.77. The topological polar surface area (TPSA) is 170 Å². The highest BCUT2D eigenvalue weighted by Crippen LogP contribution is 2.37. The van der Waals surface area contributed by atoms with Crippen LogP contribution in [0.15, 0.2) is 18.2 Å². The van der Waals surface area contributed by atoms with Crippen molar-refractivity contribution in [1.29, 1.82) is 0 Å². The van der Waals surface area contributed by atoms with Crippen molar-refractivity contribution in [3.8, 4) is 11.5 Å². The Bertz CT molecular complexity index is 1010. The van der Waals surface area contributed by atoms with E-state index in [-0.39, 0.29) is 37.2 Å². The van der Waals surface area contributed by atoms with E-state index in [1.807, 2.05) is 34.6 Å². The minimum Gasteiger partial charge on any atom is -0.480 e. The molecule has 0 bridgehead atoms. The number of carbonyl (C=O) groups excluding carboxylic acids is 3. The van der Waals surface area contributed by atoms with Crippen molar-refractivity contribution in [2.24, 2.45) is 23.5 Å². The van der Waals surface area contributed by atoms with E-state index >= 15 is 0 Å². The molecule has 0 aliphatic heterocycles. The van der Waals surface area contributed by atoms with Crippen LogP contribution in [0.4, 0.5) is 14.4 Å². The van der Waals surface area contributed by atoms with Crippen molar-refractivity contribution in [2.45, 2.75) is 92.2 Å². The van der Waals surface area contributed by atoms with Gasteiger partial charge in [0.1, 0.15) is 12.1 Å². The fourth-order valence-corrected chi connectivity index (χ4v) is 3.77. The number of carboxylic acids is 1. The normalized spacial score (nSPS) is 14.0. The molecule has 0 aromatic heterocycles. The molecule has 0 radical (unpaired) electrons. The largest absolute Gasteiger partial charge is 0.513 e. The van der Waals surface area contributed by atoms with Gasteiger partial charge in [-0.25, -0.2) is 14.4 Å². The summed E-state index contributed by atoms with van der Waals surface area (Å²) in [5.74, 6) is -2.61. The smallest absolute Gasteiger partial charge is 0.480 e. The Morgan fingerprint density at radius 1 is 0.786 bits per heavy atom. The number of rotatable bonds is 17. The van der Waals surface area contributed by atoms with Crippen LogP contribution in [0.1, 0.15) is 85.6 Å². The molecule has 1 aromatic rings. The molecule has 42 heavy (non-hydrogen) atoms. The van der Waals surface area contributed by atoms with Gasteiger partial charge in [-0.05, 0) is 55.7 Å². The number of aliphatic carboxylic acids is 1.